The summed E-state index contributed by atoms with van der Waals surface area (Å²) < 4.78 is 0. The molecule has 0 saturated carbocycles. The summed E-state index contributed by atoms with van der Waals surface area (Å²) in [4.78, 5) is 24.7. The van der Waals surface area contributed by atoms with Gasteiger partial charge in [0.2, 0.25) is 0 Å². The number of aliphatic hydroxyl groups is 1. The maximum absolute atomic E-state index is 12.6. The van der Waals surface area contributed by atoms with Gasteiger partial charge in [0.25, 0.3) is 5.91 Å². The molecule has 3 aromatic rings. The van der Waals surface area contributed by atoms with E-state index in [9.17, 15) is 14.7 Å². The second-order valence-electron chi connectivity index (χ2n) is 7.22. The Morgan fingerprint density at radius 3 is 2.12 bits per heavy atom. The molecular weight excluding hydrogens is 406 g/mol. The average Bonchev–Trinajstić information content (AvgIpc) is 3.32. The summed E-state index contributed by atoms with van der Waals surface area (Å²) in [6.07, 6.45) is 1.37. The van der Waals surface area contributed by atoms with Crippen molar-refractivity contribution >= 4 is 17.4 Å². The number of carbonyl (C=O) groups excluding carboxylic acids is 2. The molecule has 5 N–H and O–H groups in total. The molecule has 8 nitrogen and oxygen atoms in total. The predicted molar refractivity (Wildman–Crippen MR) is 119 cm³/mol. The normalized spacial score (nSPS) is 12.8. The van der Waals surface area contributed by atoms with Gasteiger partial charge in [-0.15, -0.1) is 5.10 Å². The van der Waals surface area contributed by atoms with Crippen LogP contribution in [0.25, 0.3) is 0 Å². The Bertz CT molecular complexity index is 1220. The van der Waals surface area contributed by atoms with Crippen LogP contribution in [0.15, 0.2) is 54.7 Å². The van der Waals surface area contributed by atoms with Gasteiger partial charge >= 0.3 is 0 Å². The maximum atomic E-state index is 12.6. The van der Waals surface area contributed by atoms with Crippen molar-refractivity contribution in [3.8, 4) is 23.7 Å². The number of H-pyrrole nitrogens is 1. The van der Waals surface area contributed by atoms with Crippen LogP contribution in [0.4, 0.5) is 5.69 Å². The largest absolute Gasteiger partial charge is 0.399 e. The van der Waals surface area contributed by atoms with Crippen molar-refractivity contribution in [1.29, 1.82) is 0 Å². The van der Waals surface area contributed by atoms with Gasteiger partial charge in [-0.05, 0) is 74.2 Å². The molecule has 2 aromatic carbocycles. The van der Waals surface area contributed by atoms with Gasteiger partial charge in [0.15, 0.2) is 5.78 Å². The molecule has 0 radical (unpaired) electrons. The van der Waals surface area contributed by atoms with E-state index in [4.69, 9.17) is 5.73 Å². The average molecular weight is 427 g/mol. The molecule has 1 amide bonds. The minimum absolute atomic E-state index is 0.142. The molecule has 0 aliphatic heterocycles. The number of nitrogens with one attached hydrogen (secondary N) is 2. The minimum Gasteiger partial charge on any atom is -0.399 e. The van der Waals surface area contributed by atoms with Gasteiger partial charge < -0.3 is 16.2 Å². The molecule has 160 valence electrons. The van der Waals surface area contributed by atoms with Crippen LogP contribution < -0.4 is 11.1 Å². The summed E-state index contributed by atoms with van der Waals surface area (Å²) in [7, 11) is 0. The Balaban J connectivity index is 1.68. The second-order valence-corrected chi connectivity index (χ2v) is 7.22. The van der Waals surface area contributed by atoms with E-state index in [-0.39, 0.29) is 5.69 Å². The first kappa shape index (κ1) is 22.3. The van der Waals surface area contributed by atoms with Crippen LogP contribution in [-0.4, -0.2) is 38.2 Å². The van der Waals surface area contributed by atoms with E-state index in [0.717, 1.165) is 5.56 Å². The van der Waals surface area contributed by atoms with Crippen molar-refractivity contribution in [2.75, 3.05) is 5.73 Å². The van der Waals surface area contributed by atoms with E-state index in [1.807, 2.05) is 12.1 Å². The maximum Gasteiger partial charge on any atom is 0.251 e. The number of hydrogen-bond donors (Lipinski definition) is 4. The van der Waals surface area contributed by atoms with Crippen molar-refractivity contribution in [2.24, 2.45) is 0 Å². The monoisotopic (exact) mass is 427 g/mol. The van der Waals surface area contributed by atoms with Crippen LogP contribution in [0, 0.1) is 23.7 Å². The number of hydrogen-bond acceptors (Lipinski definition) is 6. The van der Waals surface area contributed by atoms with Gasteiger partial charge in [-0.1, -0.05) is 17.1 Å². The third-order valence-electron chi connectivity index (χ3n) is 4.71. The quantitative estimate of drug-likeness (QED) is 0.359. The number of amides is 1. The van der Waals surface area contributed by atoms with Crippen LogP contribution in [0.5, 0.6) is 0 Å². The molecule has 0 unspecified atom stereocenters. The number of anilines is 1. The van der Waals surface area contributed by atoms with Gasteiger partial charge in [-0.25, -0.2) is 0 Å². The zero-order valence-electron chi connectivity index (χ0n) is 17.5. The highest BCUT2D eigenvalue weighted by atomic mass is 16.3. The standard InChI is InChI=1S/C24H21N5O3/c1-16(30)22(24(2,32)21-15-26-29-28-21)27-23(31)19-11-7-17(8-12-19)5-3-4-6-18-9-13-20(25)14-10-18/h7-15,22,32H,25H2,1-2H3,(H,27,31)(H,26,28,29)/t22-,24+/m1/s1. The van der Waals surface area contributed by atoms with E-state index in [2.05, 4.69) is 44.4 Å². The third-order valence-corrected chi connectivity index (χ3v) is 4.71. The van der Waals surface area contributed by atoms with Gasteiger partial charge in [-0.3, -0.25) is 14.7 Å². The first-order chi connectivity index (χ1) is 15.3. The van der Waals surface area contributed by atoms with Gasteiger partial charge in [0, 0.05) is 28.6 Å². The fraction of sp³-hybridized carbons (Fsp3) is 0.167. The van der Waals surface area contributed by atoms with Crippen molar-refractivity contribution in [2.45, 2.75) is 25.5 Å². The topological polar surface area (TPSA) is 134 Å². The van der Waals surface area contributed by atoms with Crippen molar-refractivity contribution in [3.05, 3.63) is 77.1 Å². The zero-order valence-corrected chi connectivity index (χ0v) is 17.5. The number of nitrogens with zero attached hydrogens (tertiary/aromatic N) is 2. The van der Waals surface area contributed by atoms with E-state index < -0.39 is 23.3 Å². The Hall–Kier alpha value is -4.40. The molecular formula is C24H21N5O3. The molecule has 0 aliphatic carbocycles. The molecule has 1 aromatic heterocycles. The van der Waals surface area contributed by atoms with Gasteiger partial charge in [0.1, 0.15) is 17.3 Å². The third kappa shape index (κ3) is 5.39. The molecule has 1 heterocycles. The summed E-state index contributed by atoms with van der Waals surface area (Å²) in [5.74, 6) is 10.4. The van der Waals surface area contributed by atoms with Gasteiger partial charge in [0.05, 0.1) is 0 Å². The molecule has 0 fully saturated rings. The predicted octanol–water partition coefficient (Wildman–Crippen LogP) is 1.39. The van der Waals surface area contributed by atoms with Crippen LogP contribution in [0.1, 0.15) is 41.0 Å². The summed E-state index contributed by atoms with van der Waals surface area (Å²) in [6.45, 7) is 2.67. The highest BCUT2D eigenvalue weighted by Gasteiger charge is 2.40. The first-order valence-corrected chi connectivity index (χ1v) is 9.65. The molecule has 2 atom stereocenters. The van der Waals surface area contributed by atoms with Crippen LogP contribution in [0.3, 0.4) is 0 Å². The SMILES string of the molecule is CC(=O)[C@@H](NC(=O)c1ccc(C#CC#Cc2ccc(N)cc2)cc1)[C@@](C)(O)c1c[nH]nn1. The van der Waals surface area contributed by atoms with Crippen LogP contribution in [0.2, 0.25) is 0 Å². The first-order valence-electron chi connectivity index (χ1n) is 9.65. The number of carbonyl (C=O) groups is 2. The van der Waals surface area contributed by atoms with E-state index in [0.29, 0.717) is 16.8 Å². The lowest BCUT2D eigenvalue weighted by Crippen LogP contribution is -2.53. The number of nitrogen functional groups attached to an aromatic ring is 1. The number of Topliss-reactive ketones (excluding diaryl/α,β-unsaturated/α-hetero) is 1. The number of ketones is 1. The Kier molecular flexibility index (Phi) is 6.69. The van der Waals surface area contributed by atoms with Gasteiger partial charge in [-0.2, -0.15) is 0 Å². The lowest BCUT2D eigenvalue weighted by molar-refractivity contribution is -0.125. The van der Waals surface area contributed by atoms with Crippen molar-refractivity contribution in [1.82, 2.24) is 20.7 Å². The van der Waals surface area contributed by atoms with Crippen molar-refractivity contribution < 1.29 is 14.7 Å². The number of aromatic amines is 1. The smallest absolute Gasteiger partial charge is 0.251 e. The summed E-state index contributed by atoms with van der Waals surface area (Å²) in [5.41, 5.74) is 6.50. The van der Waals surface area contributed by atoms with Crippen LogP contribution >= 0.6 is 0 Å². The fourth-order valence-corrected chi connectivity index (χ4v) is 2.93. The number of benzene rings is 2. The zero-order chi connectivity index (χ0) is 23.1. The highest BCUT2D eigenvalue weighted by Crippen LogP contribution is 2.23. The van der Waals surface area contributed by atoms with E-state index in [1.54, 1.807) is 36.4 Å². The second kappa shape index (κ2) is 9.61. The van der Waals surface area contributed by atoms with Crippen molar-refractivity contribution in [3.63, 3.8) is 0 Å². The van der Waals surface area contributed by atoms with E-state index >= 15 is 0 Å². The molecule has 0 saturated heterocycles. The Morgan fingerprint density at radius 1 is 1.06 bits per heavy atom. The number of aromatic nitrogens is 3. The Labute approximate surface area is 185 Å². The lowest BCUT2D eigenvalue weighted by Gasteiger charge is -2.29. The summed E-state index contributed by atoms with van der Waals surface area (Å²) in [5, 5.41) is 23.1. The summed E-state index contributed by atoms with van der Waals surface area (Å²) in [6, 6.07) is 12.5. The lowest BCUT2D eigenvalue weighted by atomic mass is 9.90. The van der Waals surface area contributed by atoms with E-state index in [1.165, 1.54) is 20.0 Å². The summed E-state index contributed by atoms with van der Waals surface area (Å²) >= 11 is 0. The Morgan fingerprint density at radius 2 is 1.62 bits per heavy atom. The molecule has 0 spiro atoms. The molecule has 0 bridgehead atoms. The number of nitrogens with two attached hydrogens (primary N) is 1. The molecule has 8 heteroatoms. The fourth-order valence-electron chi connectivity index (χ4n) is 2.93. The van der Waals surface area contributed by atoms with Crippen LogP contribution in [-0.2, 0) is 10.4 Å². The minimum atomic E-state index is -1.73. The number of rotatable bonds is 5. The molecule has 3 rings (SSSR count). The highest BCUT2D eigenvalue weighted by molar-refractivity contribution is 5.98. The molecule has 32 heavy (non-hydrogen) atoms. The molecule has 0 aliphatic rings.